The maximum absolute atomic E-state index is 12.5. The van der Waals surface area contributed by atoms with Crippen molar-refractivity contribution < 1.29 is 19.1 Å². The van der Waals surface area contributed by atoms with E-state index in [1.54, 1.807) is 49.1 Å². The Kier molecular flexibility index (Phi) is 5.02. The summed E-state index contributed by atoms with van der Waals surface area (Å²) in [7, 11) is 0. The lowest BCUT2D eigenvalue weighted by Crippen LogP contribution is -2.42. The quantitative estimate of drug-likeness (QED) is 0.840. The largest absolute Gasteiger partial charge is 0.462 e. The van der Waals surface area contributed by atoms with Gasteiger partial charge in [-0.15, -0.1) is 0 Å². The van der Waals surface area contributed by atoms with E-state index in [0.29, 0.717) is 30.0 Å². The normalized spacial score (nSPS) is 13.9. The molecule has 0 unspecified atom stereocenters. The van der Waals surface area contributed by atoms with Crippen LogP contribution in [0.2, 0.25) is 0 Å². The van der Waals surface area contributed by atoms with Gasteiger partial charge in [0.1, 0.15) is 6.04 Å². The summed E-state index contributed by atoms with van der Waals surface area (Å²) < 4.78 is 4.93. The van der Waals surface area contributed by atoms with Crippen LogP contribution in [0.1, 0.15) is 40.1 Å². The molecule has 0 saturated heterocycles. The van der Waals surface area contributed by atoms with E-state index in [1.165, 1.54) is 0 Å². The number of amides is 2. The summed E-state index contributed by atoms with van der Waals surface area (Å²) in [5, 5.41) is 2.78. The van der Waals surface area contributed by atoms with E-state index in [4.69, 9.17) is 4.74 Å². The van der Waals surface area contributed by atoms with Crippen LogP contribution in [-0.4, -0.2) is 35.3 Å². The molecule has 3 rings (SSSR count). The van der Waals surface area contributed by atoms with Crippen molar-refractivity contribution in [1.82, 2.24) is 4.90 Å². The predicted octanol–water partition coefficient (Wildman–Crippen LogP) is 2.85. The lowest BCUT2D eigenvalue weighted by Gasteiger charge is -2.23. The van der Waals surface area contributed by atoms with Crippen molar-refractivity contribution >= 4 is 23.5 Å². The van der Waals surface area contributed by atoms with Crippen molar-refractivity contribution in [3.05, 3.63) is 65.2 Å². The first-order valence-electron chi connectivity index (χ1n) is 8.48. The van der Waals surface area contributed by atoms with E-state index in [1.807, 2.05) is 18.2 Å². The Morgan fingerprint density at radius 3 is 2.50 bits per heavy atom. The molecule has 0 bridgehead atoms. The van der Waals surface area contributed by atoms with Gasteiger partial charge in [0.05, 0.1) is 12.2 Å². The summed E-state index contributed by atoms with van der Waals surface area (Å²) in [4.78, 5) is 38.2. The van der Waals surface area contributed by atoms with Gasteiger partial charge < -0.3 is 15.0 Å². The molecule has 0 aromatic heterocycles. The first-order chi connectivity index (χ1) is 12.5. The minimum Gasteiger partial charge on any atom is -0.462 e. The van der Waals surface area contributed by atoms with Crippen LogP contribution >= 0.6 is 0 Å². The van der Waals surface area contributed by atoms with Crippen LogP contribution in [0.4, 0.5) is 5.69 Å². The fourth-order valence-electron chi connectivity index (χ4n) is 2.88. The van der Waals surface area contributed by atoms with Gasteiger partial charge in [-0.1, -0.05) is 18.2 Å². The molecule has 1 N–H and O–H groups in total. The molecule has 1 atom stereocenters. The second-order valence-corrected chi connectivity index (χ2v) is 6.05. The molecule has 0 fully saturated rings. The molecule has 1 heterocycles. The Morgan fingerprint density at radius 1 is 1.15 bits per heavy atom. The number of hydrogen-bond donors (Lipinski definition) is 1. The minimum absolute atomic E-state index is 0.138. The number of rotatable bonds is 5. The smallest absolute Gasteiger partial charge is 0.338 e. The molecule has 0 spiro atoms. The zero-order valence-electron chi connectivity index (χ0n) is 14.7. The first-order valence-corrected chi connectivity index (χ1v) is 8.48. The second kappa shape index (κ2) is 7.39. The van der Waals surface area contributed by atoms with Crippen molar-refractivity contribution in [2.75, 3.05) is 11.9 Å². The number of nitrogens with zero attached hydrogens (tertiary/aromatic N) is 1. The Balaban J connectivity index is 1.65. The van der Waals surface area contributed by atoms with Crippen LogP contribution < -0.4 is 5.32 Å². The van der Waals surface area contributed by atoms with E-state index in [0.717, 1.165) is 5.56 Å². The fourth-order valence-corrected chi connectivity index (χ4v) is 2.88. The number of benzene rings is 2. The van der Waals surface area contributed by atoms with Gasteiger partial charge in [-0.3, -0.25) is 9.59 Å². The molecular weight excluding hydrogens is 332 g/mol. The highest BCUT2D eigenvalue weighted by Crippen LogP contribution is 2.24. The van der Waals surface area contributed by atoms with Crippen LogP contribution in [-0.2, 0) is 16.1 Å². The minimum atomic E-state index is -0.611. The molecular formula is C20H20N2O4. The van der Waals surface area contributed by atoms with Gasteiger partial charge in [0.15, 0.2) is 0 Å². The molecule has 0 radical (unpaired) electrons. The summed E-state index contributed by atoms with van der Waals surface area (Å²) in [6.07, 6.45) is 0. The van der Waals surface area contributed by atoms with E-state index in [-0.39, 0.29) is 11.8 Å². The Labute approximate surface area is 151 Å². The van der Waals surface area contributed by atoms with E-state index in [2.05, 4.69) is 5.32 Å². The maximum Gasteiger partial charge on any atom is 0.338 e. The Hall–Kier alpha value is -3.15. The third-order valence-corrected chi connectivity index (χ3v) is 4.36. The monoisotopic (exact) mass is 352 g/mol. The maximum atomic E-state index is 12.5. The van der Waals surface area contributed by atoms with Crippen LogP contribution in [0.3, 0.4) is 0 Å². The summed E-state index contributed by atoms with van der Waals surface area (Å²) >= 11 is 0. The SMILES string of the molecule is CCOC(=O)c1ccc(NC(=O)[C@H](C)N2Cc3ccccc3C2=O)cc1. The highest BCUT2D eigenvalue weighted by molar-refractivity contribution is 6.03. The van der Waals surface area contributed by atoms with Crippen LogP contribution in [0.5, 0.6) is 0 Å². The number of anilines is 1. The van der Waals surface area contributed by atoms with E-state index in [9.17, 15) is 14.4 Å². The highest BCUT2D eigenvalue weighted by atomic mass is 16.5. The number of nitrogens with one attached hydrogen (secondary N) is 1. The fraction of sp³-hybridized carbons (Fsp3) is 0.250. The zero-order valence-corrected chi connectivity index (χ0v) is 14.7. The van der Waals surface area contributed by atoms with E-state index < -0.39 is 12.0 Å². The van der Waals surface area contributed by atoms with Gasteiger partial charge in [-0.2, -0.15) is 0 Å². The Morgan fingerprint density at radius 2 is 1.85 bits per heavy atom. The second-order valence-electron chi connectivity index (χ2n) is 6.05. The molecule has 6 nitrogen and oxygen atoms in total. The number of carbonyl (C=O) groups is 3. The van der Waals surface area contributed by atoms with Gasteiger partial charge in [-0.05, 0) is 49.7 Å². The molecule has 1 aliphatic heterocycles. The number of fused-ring (bicyclic) bond motifs is 1. The molecule has 26 heavy (non-hydrogen) atoms. The van der Waals surface area contributed by atoms with Crippen molar-refractivity contribution in [3.63, 3.8) is 0 Å². The third-order valence-electron chi connectivity index (χ3n) is 4.36. The number of carbonyl (C=O) groups excluding carboxylic acids is 3. The van der Waals surface area contributed by atoms with Gasteiger partial charge in [0, 0.05) is 17.8 Å². The van der Waals surface area contributed by atoms with Gasteiger partial charge >= 0.3 is 5.97 Å². The lowest BCUT2D eigenvalue weighted by molar-refractivity contribution is -0.120. The molecule has 2 aromatic carbocycles. The first kappa shape index (κ1) is 17.7. The van der Waals surface area contributed by atoms with Crippen LogP contribution in [0.25, 0.3) is 0 Å². The van der Waals surface area contributed by atoms with Crippen molar-refractivity contribution in [2.45, 2.75) is 26.4 Å². The molecule has 1 aliphatic rings. The molecule has 0 aliphatic carbocycles. The van der Waals surface area contributed by atoms with Gasteiger partial charge in [0.2, 0.25) is 5.91 Å². The summed E-state index contributed by atoms with van der Waals surface area (Å²) in [5.74, 6) is -0.824. The molecule has 2 aromatic rings. The number of ether oxygens (including phenoxy) is 1. The van der Waals surface area contributed by atoms with Crippen molar-refractivity contribution in [1.29, 1.82) is 0 Å². The lowest BCUT2D eigenvalue weighted by atomic mass is 10.1. The third kappa shape index (κ3) is 3.44. The average molecular weight is 352 g/mol. The predicted molar refractivity (Wildman–Crippen MR) is 96.8 cm³/mol. The number of hydrogen-bond acceptors (Lipinski definition) is 4. The van der Waals surface area contributed by atoms with Crippen LogP contribution in [0, 0.1) is 0 Å². The number of esters is 1. The summed E-state index contributed by atoms with van der Waals surface area (Å²) in [5.41, 5.74) is 2.55. The topological polar surface area (TPSA) is 75.7 Å². The summed E-state index contributed by atoms with van der Waals surface area (Å²) in [6.45, 7) is 4.17. The van der Waals surface area contributed by atoms with Crippen molar-refractivity contribution in [3.8, 4) is 0 Å². The molecule has 6 heteroatoms. The standard InChI is InChI=1S/C20H20N2O4/c1-3-26-20(25)14-8-10-16(11-9-14)21-18(23)13(2)22-12-15-6-4-5-7-17(15)19(22)24/h4-11,13H,3,12H2,1-2H3,(H,21,23)/t13-/m0/s1. The molecule has 0 saturated carbocycles. The van der Waals surface area contributed by atoms with Gasteiger partial charge in [0.25, 0.3) is 5.91 Å². The zero-order chi connectivity index (χ0) is 18.7. The van der Waals surface area contributed by atoms with Crippen LogP contribution in [0.15, 0.2) is 48.5 Å². The highest BCUT2D eigenvalue weighted by Gasteiger charge is 2.33. The van der Waals surface area contributed by atoms with Crippen molar-refractivity contribution in [2.24, 2.45) is 0 Å². The molecule has 134 valence electrons. The summed E-state index contributed by atoms with van der Waals surface area (Å²) in [6, 6.07) is 13.2. The van der Waals surface area contributed by atoms with E-state index >= 15 is 0 Å². The Bertz CT molecular complexity index is 845. The average Bonchev–Trinajstić information content (AvgIpc) is 2.99. The molecule has 2 amide bonds. The van der Waals surface area contributed by atoms with Gasteiger partial charge in [-0.25, -0.2) is 4.79 Å².